The van der Waals surface area contributed by atoms with E-state index in [2.05, 4.69) is 20.4 Å². The van der Waals surface area contributed by atoms with Gasteiger partial charge in [-0.1, -0.05) is 30.3 Å². The van der Waals surface area contributed by atoms with Crippen molar-refractivity contribution >= 4 is 29.9 Å². The van der Waals surface area contributed by atoms with Crippen LogP contribution in [0.1, 0.15) is 18.9 Å². The van der Waals surface area contributed by atoms with Gasteiger partial charge < -0.3 is 15.4 Å². The fraction of sp³-hybridized carbons (Fsp3) is 0.533. The summed E-state index contributed by atoms with van der Waals surface area (Å²) >= 11 is 0. The van der Waals surface area contributed by atoms with Crippen LogP contribution in [-0.4, -0.2) is 38.4 Å². The highest BCUT2D eigenvalue weighted by molar-refractivity contribution is 14.0. The number of nitrogens with one attached hydrogen (secondary N) is 2. The quantitative estimate of drug-likeness (QED) is 0.279. The number of rotatable bonds is 8. The Balaban J connectivity index is 0.00000484. The highest BCUT2D eigenvalue weighted by atomic mass is 127. The van der Waals surface area contributed by atoms with Crippen LogP contribution in [-0.2, 0) is 11.3 Å². The Morgan fingerprint density at radius 2 is 1.87 bits per heavy atom. The van der Waals surface area contributed by atoms with Crippen molar-refractivity contribution in [1.29, 1.82) is 0 Å². The minimum atomic E-state index is -4.26. The highest BCUT2D eigenvalue weighted by Crippen LogP contribution is 2.14. The molecule has 8 heteroatoms. The van der Waals surface area contributed by atoms with Crippen molar-refractivity contribution in [2.24, 2.45) is 4.99 Å². The Kier molecular flexibility index (Phi) is 11.8. The van der Waals surface area contributed by atoms with E-state index in [1.54, 1.807) is 0 Å². The van der Waals surface area contributed by atoms with Crippen LogP contribution in [0.4, 0.5) is 13.2 Å². The fourth-order valence-electron chi connectivity index (χ4n) is 1.66. The normalized spacial score (nSPS) is 11.7. The molecule has 23 heavy (non-hydrogen) atoms. The third-order valence-corrected chi connectivity index (χ3v) is 2.63. The molecule has 0 spiro atoms. The second kappa shape index (κ2) is 12.4. The molecule has 1 aromatic rings. The van der Waals surface area contributed by atoms with Crippen LogP contribution in [0.5, 0.6) is 0 Å². The predicted octanol–water partition coefficient (Wildman–Crippen LogP) is 3.33. The molecule has 0 saturated heterocycles. The average molecular weight is 445 g/mol. The second-order valence-electron chi connectivity index (χ2n) is 4.63. The Morgan fingerprint density at radius 1 is 1.17 bits per heavy atom. The van der Waals surface area contributed by atoms with Gasteiger partial charge in [-0.2, -0.15) is 13.2 Å². The Labute approximate surface area is 151 Å². The van der Waals surface area contributed by atoms with E-state index in [4.69, 9.17) is 0 Å². The zero-order valence-corrected chi connectivity index (χ0v) is 15.4. The summed E-state index contributed by atoms with van der Waals surface area (Å²) in [6.45, 7) is 2.57. The van der Waals surface area contributed by atoms with E-state index in [-0.39, 0.29) is 30.6 Å². The molecule has 132 valence electrons. The van der Waals surface area contributed by atoms with Crippen LogP contribution in [0.15, 0.2) is 35.3 Å². The largest absolute Gasteiger partial charge is 0.411 e. The molecule has 0 fully saturated rings. The second-order valence-corrected chi connectivity index (χ2v) is 4.63. The summed E-state index contributed by atoms with van der Waals surface area (Å²) in [6, 6.07) is 9.81. The maximum Gasteiger partial charge on any atom is 0.411 e. The molecule has 0 heterocycles. The summed E-state index contributed by atoms with van der Waals surface area (Å²) in [6.07, 6.45) is -3.79. The molecule has 1 rings (SSSR count). The number of nitrogens with zero attached hydrogens (tertiary/aromatic N) is 1. The molecule has 0 aliphatic heterocycles. The molecule has 0 radical (unpaired) electrons. The van der Waals surface area contributed by atoms with Gasteiger partial charge in [0.05, 0.1) is 6.54 Å². The van der Waals surface area contributed by atoms with Gasteiger partial charge in [0, 0.05) is 19.7 Å². The molecular weight excluding hydrogens is 422 g/mol. The van der Waals surface area contributed by atoms with Crippen LogP contribution in [0.2, 0.25) is 0 Å². The van der Waals surface area contributed by atoms with Crippen LogP contribution < -0.4 is 10.6 Å². The van der Waals surface area contributed by atoms with E-state index in [0.29, 0.717) is 32.0 Å². The number of benzene rings is 1. The highest BCUT2D eigenvalue weighted by Gasteiger charge is 2.27. The van der Waals surface area contributed by atoms with Gasteiger partial charge in [-0.05, 0) is 18.9 Å². The third-order valence-electron chi connectivity index (χ3n) is 2.63. The Bertz CT molecular complexity index is 441. The van der Waals surface area contributed by atoms with E-state index >= 15 is 0 Å². The first-order chi connectivity index (χ1) is 10.5. The number of hydrogen-bond donors (Lipinski definition) is 2. The van der Waals surface area contributed by atoms with Crippen LogP contribution in [0, 0.1) is 0 Å². The minimum Gasteiger partial charge on any atom is -0.372 e. The smallest absolute Gasteiger partial charge is 0.372 e. The summed E-state index contributed by atoms with van der Waals surface area (Å²) in [5.74, 6) is 0.641. The fourth-order valence-corrected chi connectivity index (χ4v) is 1.66. The summed E-state index contributed by atoms with van der Waals surface area (Å²) in [7, 11) is 0. The van der Waals surface area contributed by atoms with E-state index in [9.17, 15) is 13.2 Å². The summed E-state index contributed by atoms with van der Waals surface area (Å²) < 4.78 is 40.2. The van der Waals surface area contributed by atoms with Crippen molar-refractivity contribution in [3.05, 3.63) is 35.9 Å². The van der Waals surface area contributed by atoms with Gasteiger partial charge >= 0.3 is 6.18 Å². The van der Waals surface area contributed by atoms with Gasteiger partial charge in [0.25, 0.3) is 0 Å². The molecule has 0 bridgehead atoms. The topological polar surface area (TPSA) is 45.7 Å². The molecule has 0 atom stereocenters. The SMILES string of the molecule is CCNC(=NCc1ccccc1)NCCCOCC(F)(F)F.I. The van der Waals surface area contributed by atoms with Gasteiger partial charge in [-0.25, -0.2) is 4.99 Å². The molecule has 0 aliphatic rings. The van der Waals surface area contributed by atoms with Gasteiger partial charge in [0.2, 0.25) is 0 Å². The van der Waals surface area contributed by atoms with Crippen molar-refractivity contribution in [2.45, 2.75) is 26.1 Å². The van der Waals surface area contributed by atoms with Crippen molar-refractivity contribution in [2.75, 3.05) is 26.3 Å². The predicted molar refractivity (Wildman–Crippen MR) is 96.2 cm³/mol. The number of guanidine groups is 1. The zero-order chi connectivity index (χ0) is 16.3. The first kappa shape index (κ1) is 22.0. The first-order valence-corrected chi connectivity index (χ1v) is 7.22. The maximum atomic E-state index is 11.9. The molecule has 2 N–H and O–H groups in total. The lowest BCUT2D eigenvalue weighted by Crippen LogP contribution is -2.38. The van der Waals surface area contributed by atoms with E-state index < -0.39 is 12.8 Å². The van der Waals surface area contributed by atoms with Crippen LogP contribution in [0.3, 0.4) is 0 Å². The summed E-state index contributed by atoms with van der Waals surface area (Å²) in [5.41, 5.74) is 1.09. The monoisotopic (exact) mass is 445 g/mol. The standard InChI is InChI=1S/C15H22F3N3O.HI/c1-2-19-14(21-11-13-7-4-3-5-8-13)20-9-6-10-22-12-15(16,17)18;/h3-5,7-8H,2,6,9-12H2,1H3,(H2,19,20,21);1H. The average Bonchev–Trinajstić information content (AvgIpc) is 2.48. The number of halogens is 4. The van der Waals surface area contributed by atoms with Crippen molar-refractivity contribution < 1.29 is 17.9 Å². The molecule has 0 aliphatic carbocycles. The zero-order valence-electron chi connectivity index (χ0n) is 13.0. The molecule has 0 amide bonds. The minimum absolute atomic E-state index is 0. The molecule has 4 nitrogen and oxygen atoms in total. The Morgan fingerprint density at radius 3 is 2.48 bits per heavy atom. The van der Waals surface area contributed by atoms with E-state index in [1.807, 2.05) is 37.3 Å². The number of hydrogen-bond acceptors (Lipinski definition) is 2. The maximum absolute atomic E-state index is 11.9. The number of aliphatic imine (C=N–C) groups is 1. The molecule has 1 aromatic carbocycles. The lowest BCUT2D eigenvalue weighted by molar-refractivity contribution is -0.173. The van der Waals surface area contributed by atoms with E-state index in [0.717, 1.165) is 5.56 Å². The summed E-state index contributed by atoms with van der Waals surface area (Å²) in [4.78, 5) is 4.41. The van der Waals surface area contributed by atoms with Gasteiger partial charge in [-0.3, -0.25) is 0 Å². The van der Waals surface area contributed by atoms with Crippen molar-refractivity contribution in [1.82, 2.24) is 10.6 Å². The summed E-state index contributed by atoms with van der Waals surface area (Å²) in [5, 5.41) is 6.15. The van der Waals surface area contributed by atoms with E-state index in [1.165, 1.54) is 0 Å². The van der Waals surface area contributed by atoms with Crippen molar-refractivity contribution in [3.63, 3.8) is 0 Å². The van der Waals surface area contributed by atoms with Crippen molar-refractivity contribution in [3.8, 4) is 0 Å². The molecule has 0 saturated carbocycles. The lowest BCUT2D eigenvalue weighted by Gasteiger charge is -2.12. The van der Waals surface area contributed by atoms with Crippen LogP contribution >= 0.6 is 24.0 Å². The van der Waals surface area contributed by atoms with Gasteiger partial charge in [0.15, 0.2) is 5.96 Å². The number of ether oxygens (including phenoxy) is 1. The first-order valence-electron chi connectivity index (χ1n) is 7.22. The lowest BCUT2D eigenvalue weighted by atomic mass is 10.2. The Hall–Kier alpha value is -1.03. The molecular formula is C15H23F3IN3O. The molecule has 0 aromatic heterocycles. The third kappa shape index (κ3) is 12.1. The van der Waals surface area contributed by atoms with Gasteiger partial charge in [-0.15, -0.1) is 24.0 Å². The van der Waals surface area contributed by atoms with Crippen LogP contribution in [0.25, 0.3) is 0 Å². The number of alkyl halides is 3. The van der Waals surface area contributed by atoms with Gasteiger partial charge in [0.1, 0.15) is 6.61 Å². The molecule has 0 unspecified atom stereocenters.